The number of halogens is 7. The first-order valence-corrected chi connectivity index (χ1v) is 11.2. The minimum atomic E-state index is -4.53. The Morgan fingerprint density at radius 2 is 1.42 bits per heavy atom. The van der Waals surface area contributed by atoms with Crippen molar-refractivity contribution >= 4 is 27.9 Å². The molecule has 0 amide bonds. The fourth-order valence-electron chi connectivity index (χ4n) is 3.32. The van der Waals surface area contributed by atoms with Crippen LogP contribution in [0, 0.1) is 0 Å². The van der Waals surface area contributed by atoms with Crippen molar-refractivity contribution in [2.45, 2.75) is 18.9 Å². The van der Waals surface area contributed by atoms with Crippen LogP contribution in [0.1, 0.15) is 37.4 Å². The Hall–Kier alpha value is -2.64. The van der Waals surface area contributed by atoms with E-state index in [0.29, 0.717) is 18.2 Å². The van der Waals surface area contributed by atoms with Crippen LogP contribution in [0.4, 0.5) is 26.3 Å². The summed E-state index contributed by atoms with van der Waals surface area (Å²) in [5.74, 6) is -2.15. The molecule has 6 nitrogen and oxygen atoms in total. The second-order valence-electron chi connectivity index (χ2n) is 8.02. The van der Waals surface area contributed by atoms with Crippen LogP contribution in [-0.4, -0.2) is 67.2 Å². The van der Waals surface area contributed by atoms with Gasteiger partial charge in [0, 0.05) is 37.2 Å². The molecule has 1 saturated heterocycles. The number of carbonyl (C=O) groups excluding carboxylic acids is 1. The fraction of sp³-hybridized carbons (Fsp3) is 0.391. The molecule has 0 unspecified atom stereocenters. The third kappa shape index (κ3) is 8.79. The van der Waals surface area contributed by atoms with E-state index in [0.717, 1.165) is 57.6 Å². The van der Waals surface area contributed by atoms with Crippen LogP contribution in [-0.2, 0) is 23.6 Å². The van der Waals surface area contributed by atoms with Crippen molar-refractivity contribution in [3.8, 4) is 0 Å². The van der Waals surface area contributed by atoms with Gasteiger partial charge in [-0.05, 0) is 49.0 Å². The molecule has 2 aromatic rings. The smallest absolute Gasteiger partial charge is 0.416 e. The van der Waals surface area contributed by atoms with Gasteiger partial charge in [-0.15, -0.1) is 0 Å². The van der Waals surface area contributed by atoms with Crippen molar-refractivity contribution in [3.05, 3.63) is 68.7 Å². The average molecular weight is 585 g/mol. The van der Waals surface area contributed by atoms with Crippen LogP contribution in [0.5, 0.6) is 0 Å². The van der Waals surface area contributed by atoms with Gasteiger partial charge in [0.25, 0.3) is 0 Å². The standard InChI is InChI=1S/C15H19F3N2O2.C8H4BrF3O2/c1-19-3-5-20(6-4-19)10-11-7-12(14(21)22-2)9-13(8-11)15(16,17)18;9-6-2-4(7(13)14)1-5(3-6)8(10,11)12/h7-9H,3-6,10H2,1-2H3;1-3H,(H,13,14). The number of methoxy groups -OCH3 is 1. The molecule has 0 bridgehead atoms. The number of esters is 1. The number of benzene rings is 2. The highest BCUT2D eigenvalue weighted by atomic mass is 79.9. The Kier molecular flexibility index (Phi) is 9.92. The van der Waals surface area contributed by atoms with E-state index < -0.39 is 41.0 Å². The van der Waals surface area contributed by atoms with Crippen molar-refractivity contribution in [3.63, 3.8) is 0 Å². The molecular formula is C23H23BrF6N2O4. The van der Waals surface area contributed by atoms with Crippen LogP contribution in [0.2, 0.25) is 0 Å². The molecule has 0 aromatic heterocycles. The van der Waals surface area contributed by atoms with Crippen LogP contribution in [0.25, 0.3) is 0 Å². The molecule has 1 aliphatic heterocycles. The number of rotatable bonds is 4. The molecule has 0 spiro atoms. The molecular weight excluding hydrogens is 562 g/mol. The number of carbonyl (C=O) groups is 2. The summed E-state index contributed by atoms with van der Waals surface area (Å²) in [7, 11) is 3.17. The molecule has 1 heterocycles. The second-order valence-corrected chi connectivity index (χ2v) is 8.93. The van der Waals surface area contributed by atoms with E-state index >= 15 is 0 Å². The highest BCUT2D eigenvalue weighted by Gasteiger charge is 2.33. The van der Waals surface area contributed by atoms with Gasteiger partial charge in [0.15, 0.2) is 0 Å². The van der Waals surface area contributed by atoms with Crippen LogP contribution < -0.4 is 0 Å². The lowest BCUT2D eigenvalue weighted by molar-refractivity contribution is -0.138. The molecule has 0 aliphatic carbocycles. The SMILES string of the molecule is COC(=O)c1cc(CN2CCN(C)CC2)cc(C(F)(F)F)c1.O=C(O)c1cc(Br)cc(C(F)(F)F)c1. The predicted octanol–water partition coefficient (Wildman–Crippen LogP) is 5.41. The monoisotopic (exact) mass is 584 g/mol. The van der Waals surface area contributed by atoms with Crippen LogP contribution in [0.3, 0.4) is 0 Å². The molecule has 0 radical (unpaired) electrons. The maximum absolute atomic E-state index is 13.0. The third-order valence-corrected chi connectivity index (χ3v) is 5.67. The largest absolute Gasteiger partial charge is 0.478 e. The number of carboxylic acids is 1. The molecule has 36 heavy (non-hydrogen) atoms. The topological polar surface area (TPSA) is 70.1 Å². The molecule has 13 heteroatoms. The van der Waals surface area contributed by atoms with E-state index in [1.807, 2.05) is 7.05 Å². The Labute approximate surface area is 211 Å². The summed E-state index contributed by atoms with van der Waals surface area (Å²) in [6.07, 6.45) is -9.02. The number of ether oxygens (including phenoxy) is 1. The molecule has 3 rings (SSSR count). The van der Waals surface area contributed by atoms with E-state index in [4.69, 9.17) is 5.11 Å². The van der Waals surface area contributed by atoms with Gasteiger partial charge >= 0.3 is 24.3 Å². The average Bonchev–Trinajstić information content (AvgIpc) is 2.78. The molecule has 2 aromatic carbocycles. The Balaban J connectivity index is 0.000000281. The van der Waals surface area contributed by atoms with Crippen molar-refractivity contribution in [1.29, 1.82) is 0 Å². The van der Waals surface area contributed by atoms with Gasteiger partial charge in [-0.25, -0.2) is 9.59 Å². The maximum Gasteiger partial charge on any atom is 0.416 e. The highest BCUT2D eigenvalue weighted by Crippen LogP contribution is 2.32. The number of aromatic carboxylic acids is 1. The molecule has 1 N–H and O–H groups in total. The van der Waals surface area contributed by atoms with Gasteiger partial charge < -0.3 is 14.7 Å². The van der Waals surface area contributed by atoms with Crippen LogP contribution >= 0.6 is 15.9 Å². The van der Waals surface area contributed by atoms with Crippen LogP contribution in [0.15, 0.2) is 40.9 Å². The zero-order chi connectivity index (χ0) is 27.3. The van der Waals surface area contributed by atoms with Crippen molar-refractivity contribution in [2.75, 3.05) is 40.3 Å². The number of hydrogen-bond acceptors (Lipinski definition) is 5. The summed E-state index contributed by atoms with van der Waals surface area (Å²) in [5.41, 5.74) is -1.79. The minimum Gasteiger partial charge on any atom is -0.478 e. The fourth-order valence-corrected chi connectivity index (χ4v) is 3.82. The van der Waals surface area contributed by atoms with Crippen molar-refractivity contribution in [1.82, 2.24) is 9.80 Å². The number of alkyl halides is 6. The Morgan fingerprint density at radius 1 is 0.889 bits per heavy atom. The third-order valence-electron chi connectivity index (χ3n) is 5.22. The maximum atomic E-state index is 13.0. The lowest BCUT2D eigenvalue weighted by Gasteiger charge is -2.32. The van der Waals surface area contributed by atoms with Crippen molar-refractivity contribution in [2.24, 2.45) is 0 Å². The van der Waals surface area contributed by atoms with E-state index in [1.165, 1.54) is 6.07 Å². The summed E-state index contributed by atoms with van der Waals surface area (Å²) in [6, 6.07) is 5.93. The highest BCUT2D eigenvalue weighted by molar-refractivity contribution is 9.10. The van der Waals surface area contributed by atoms with Gasteiger partial charge in [0.05, 0.1) is 29.4 Å². The first-order chi connectivity index (χ1) is 16.6. The van der Waals surface area contributed by atoms with Crippen molar-refractivity contribution < 1.29 is 45.8 Å². The lowest BCUT2D eigenvalue weighted by atomic mass is 10.0. The minimum absolute atomic E-state index is 0.0681. The quantitative estimate of drug-likeness (QED) is 0.383. The summed E-state index contributed by atoms with van der Waals surface area (Å²) in [5, 5.41) is 8.51. The Morgan fingerprint density at radius 3 is 1.92 bits per heavy atom. The summed E-state index contributed by atoms with van der Waals surface area (Å²) in [4.78, 5) is 26.3. The van der Waals surface area contributed by atoms with Gasteiger partial charge in [0.2, 0.25) is 0 Å². The summed E-state index contributed by atoms with van der Waals surface area (Å²) < 4.78 is 80.1. The first kappa shape index (κ1) is 29.6. The first-order valence-electron chi connectivity index (χ1n) is 10.4. The molecule has 1 fully saturated rings. The van der Waals surface area contributed by atoms with E-state index in [-0.39, 0.29) is 10.0 Å². The zero-order valence-electron chi connectivity index (χ0n) is 19.2. The zero-order valence-corrected chi connectivity index (χ0v) is 20.8. The number of carboxylic acid groups (broad SMARTS) is 1. The van der Waals surface area contributed by atoms with Gasteiger partial charge in [-0.2, -0.15) is 26.3 Å². The second kappa shape index (κ2) is 12.1. The molecule has 1 aliphatic rings. The molecule has 198 valence electrons. The van der Waals surface area contributed by atoms with Gasteiger partial charge in [-0.3, -0.25) is 4.90 Å². The van der Waals surface area contributed by atoms with E-state index in [2.05, 4.69) is 30.5 Å². The summed E-state index contributed by atoms with van der Waals surface area (Å²) in [6.45, 7) is 3.73. The summed E-state index contributed by atoms with van der Waals surface area (Å²) >= 11 is 2.81. The Bertz CT molecular complexity index is 1080. The molecule has 0 saturated carbocycles. The number of likely N-dealkylation sites (N-methyl/N-ethyl adjacent to an activating group) is 1. The normalized spacial score (nSPS) is 15.1. The number of nitrogens with zero attached hydrogens (tertiary/aromatic N) is 2. The number of piperazine rings is 1. The van der Waals surface area contributed by atoms with Gasteiger partial charge in [0.1, 0.15) is 0 Å². The lowest BCUT2D eigenvalue weighted by Crippen LogP contribution is -2.43. The van der Waals surface area contributed by atoms with E-state index in [1.54, 1.807) is 0 Å². The van der Waals surface area contributed by atoms with E-state index in [9.17, 15) is 35.9 Å². The molecule has 0 atom stereocenters. The van der Waals surface area contributed by atoms with Gasteiger partial charge in [-0.1, -0.05) is 15.9 Å². The number of hydrogen-bond donors (Lipinski definition) is 1. The predicted molar refractivity (Wildman–Crippen MR) is 122 cm³/mol.